The van der Waals surface area contributed by atoms with Crippen LogP contribution in [-0.4, -0.2) is 44.9 Å². The van der Waals surface area contributed by atoms with Gasteiger partial charge in [-0.1, -0.05) is 23.7 Å². The molecule has 1 aliphatic heterocycles. The van der Waals surface area contributed by atoms with Crippen LogP contribution in [0.1, 0.15) is 33.8 Å². The average molecular weight is 390 g/mol. The summed E-state index contributed by atoms with van der Waals surface area (Å²) in [5.41, 5.74) is 2.04. The number of hydrogen-bond donors (Lipinski definition) is 1. The van der Waals surface area contributed by atoms with Gasteiger partial charge in [0.05, 0.1) is 23.2 Å². The molecule has 1 amide bonds. The fourth-order valence-electron chi connectivity index (χ4n) is 3.31. The van der Waals surface area contributed by atoms with E-state index in [1.165, 1.54) is 11.3 Å². The van der Waals surface area contributed by atoms with Crippen molar-refractivity contribution in [2.24, 2.45) is 0 Å². The molecule has 2 aromatic heterocycles. The van der Waals surface area contributed by atoms with Crippen LogP contribution >= 0.6 is 22.9 Å². The van der Waals surface area contributed by atoms with Crippen molar-refractivity contribution in [3.8, 4) is 0 Å². The Morgan fingerprint density at radius 1 is 1.31 bits per heavy atom. The summed E-state index contributed by atoms with van der Waals surface area (Å²) in [6.45, 7) is 3.85. The van der Waals surface area contributed by atoms with Crippen molar-refractivity contribution in [2.75, 3.05) is 13.1 Å². The molecule has 1 N–H and O–H groups in total. The third-order valence-corrected chi connectivity index (χ3v) is 6.20. The van der Waals surface area contributed by atoms with Gasteiger partial charge in [-0.25, -0.2) is 0 Å². The number of carbonyl (C=O) groups excluding carboxylic acids is 1. The van der Waals surface area contributed by atoms with Gasteiger partial charge in [0, 0.05) is 23.5 Å². The Morgan fingerprint density at radius 2 is 2.00 bits per heavy atom. The molecular weight excluding hydrogens is 370 g/mol. The van der Waals surface area contributed by atoms with Gasteiger partial charge in [0.15, 0.2) is 0 Å². The van der Waals surface area contributed by atoms with E-state index < -0.39 is 0 Å². The fourth-order valence-corrected chi connectivity index (χ4v) is 4.57. The first-order valence-electron chi connectivity index (χ1n) is 8.70. The highest BCUT2D eigenvalue weighted by Gasteiger charge is 2.25. The first-order chi connectivity index (χ1) is 12.5. The lowest BCUT2D eigenvalue weighted by molar-refractivity contribution is 0.0551. The minimum Gasteiger partial charge on any atom is -0.393 e. The topological polar surface area (TPSA) is 58.4 Å². The Hall–Kier alpha value is -1.89. The molecule has 3 heterocycles. The van der Waals surface area contributed by atoms with Crippen LogP contribution in [0.15, 0.2) is 30.3 Å². The minimum absolute atomic E-state index is 0.0514. The van der Waals surface area contributed by atoms with Crippen LogP contribution in [0.5, 0.6) is 0 Å². The van der Waals surface area contributed by atoms with Crippen LogP contribution in [-0.2, 0) is 6.54 Å². The van der Waals surface area contributed by atoms with Crippen molar-refractivity contribution in [1.82, 2.24) is 14.7 Å². The van der Waals surface area contributed by atoms with Gasteiger partial charge in [-0.3, -0.25) is 9.48 Å². The standard InChI is InChI=1S/C19H20ClN3O2S/c1-12-16-10-17(18(25)22-8-6-15(24)7-9-22)26-19(16)23(21-12)11-13-2-4-14(20)5-3-13/h2-5,10,15,24H,6-9,11H2,1H3. The number of fused-ring (bicyclic) bond motifs is 1. The number of rotatable bonds is 3. The third kappa shape index (κ3) is 3.37. The number of amides is 1. The van der Waals surface area contributed by atoms with Crippen LogP contribution in [0.3, 0.4) is 0 Å². The number of nitrogens with zero attached hydrogens (tertiary/aromatic N) is 3. The lowest BCUT2D eigenvalue weighted by Crippen LogP contribution is -2.39. The van der Waals surface area contributed by atoms with Crippen molar-refractivity contribution in [3.63, 3.8) is 0 Å². The van der Waals surface area contributed by atoms with E-state index in [1.54, 1.807) is 0 Å². The Bertz CT molecular complexity index is 940. The summed E-state index contributed by atoms with van der Waals surface area (Å²) >= 11 is 7.45. The molecule has 0 bridgehead atoms. The molecule has 136 valence electrons. The number of halogens is 1. The summed E-state index contributed by atoms with van der Waals surface area (Å²) in [5, 5.41) is 16.0. The van der Waals surface area contributed by atoms with Gasteiger partial charge in [0.25, 0.3) is 5.91 Å². The number of piperidine rings is 1. The van der Waals surface area contributed by atoms with Gasteiger partial charge in [-0.15, -0.1) is 11.3 Å². The van der Waals surface area contributed by atoms with E-state index in [0.717, 1.165) is 26.4 Å². The molecule has 0 aliphatic carbocycles. The van der Waals surface area contributed by atoms with Crippen molar-refractivity contribution in [3.05, 3.63) is 51.5 Å². The summed E-state index contributed by atoms with van der Waals surface area (Å²) in [7, 11) is 0. The number of aliphatic hydroxyl groups is 1. The quantitative estimate of drug-likeness (QED) is 0.743. The number of hydrogen-bond acceptors (Lipinski definition) is 4. The number of thiophene rings is 1. The zero-order valence-corrected chi connectivity index (χ0v) is 16.1. The highest BCUT2D eigenvalue weighted by Crippen LogP contribution is 2.30. The van der Waals surface area contributed by atoms with E-state index >= 15 is 0 Å². The van der Waals surface area contributed by atoms with Crippen LogP contribution in [0.25, 0.3) is 10.2 Å². The summed E-state index contributed by atoms with van der Waals surface area (Å²) in [5.74, 6) is 0.0514. The summed E-state index contributed by atoms with van der Waals surface area (Å²) in [4.78, 5) is 16.4. The van der Waals surface area contributed by atoms with Crippen molar-refractivity contribution in [2.45, 2.75) is 32.4 Å². The molecule has 1 aliphatic rings. The number of carbonyl (C=O) groups is 1. The van der Waals surface area contributed by atoms with Crippen LogP contribution in [0, 0.1) is 6.92 Å². The predicted molar refractivity (Wildman–Crippen MR) is 104 cm³/mol. The maximum absolute atomic E-state index is 12.8. The first kappa shape index (κ1) is 17.5. The number of aryl methyl sites for hydroxylation is 1. The van der Waals surface area contributed by atoms with Gasteiger partial charge < -0.3 is 10.0 Å². The second kappa shape index (κ2) is 7.02. The van der Waals surface area contributed by atoms with Gasteiger partial charge in [0.1, 0.15) is 4.83 Å². The number of likely N-dealkylation sites (tertiary alicyclic amines) is 1. The van der Waals surface area contributed by atoms with E-state index in [2.05, 4.69) is 5.10 Å². The van der Waals surface area contributed by atoms with Gasteiger partial charge >= 0.3 is 0 Å². The largest absolute Gasteiger partial charge is 0.393 e. The average Bonchev–Trinajstić information content (AvgIpc) is 3.19. The lowest BCUT2D eigenvalue weighted by Gasteiger charge is -2.29. The molecule has 3 aromatic rings. The second-order valence-corrected chi connectivity index (χ2v) is 8.19. The molecule has 4 rings (SSSR count). The molecular formula is C19H20ClN3O2S. The molecule has 0 atom stereocenters. The molecule has 0 radical (unpaired) electrons. The molecule has 0 spiro atoms. The zero-order chi connectivity index (χ0) is 18.3. The molecule has 0 unspecified atom stereocenters. The number of aromatic nitrogens is 2. The van der Waals surface area contributed by atoms with Crippen molar-refractivity contribution >= 4 is 39.1 Å². The second-order valence-electron chi connectivity index (χ2n) is 6.72. The van der Waals surface area contributed by atoms with Crippen LogP contribution in [0.2, 0.25) is 5.02 Å². The third-order valence-electron chi connectivity index (χ3n) is 4.82. The fraction of sp³-hybridized carbons (Fsp3) is 0.368. The summed E-state index contributed by atoms with van der Waals surface area (Å²) < 4.78 is 1.95. The van der Waals surface area contributed by atoms with Crippen LogP contribution in [0.4, 0.5) is 0 Å². The predicted octanol–water partition coefficient (Wildman–Crippen LogP) is 3.70. The van der Waals surface area contributed by atoms with E-state index in [4.69, 9.17) is 11.6 Å². The number of aliphatic hydroxyl groups excluding tert-OH is 1. The molecule has 5 nitrogen and oxygen atoms in total. The normalized spacial score (nSPS) is 15.7. The summed E-state index contributed by atoms with van der Waals surface area (Å²) in [6, 6.07) is 9.68. The Morgan fingerprint density at radius 3 is 2.69 bits per heavy atom. The van der Waals surface area contributed by atoms with Crippen molar-refractivity contribution < 1.29 is 9.90 Å². The Balaban J connectivity index is 1.61. The smallest absolute Gasteiger partial charge is 0.264 e. The Kier molecular flexibility index (Phi) is 4.73. The van der Waals surface area contributed by atoms with E-state index in [0.29, 0.717) is 37.5 Å². The molecule has 0 saturated carbocycles. The molecule has 1 saturated heterocycles. The Labute approximate surface area is 160 Å². The van der Waals surface area contributed by atoms with Crippen LogP contribution < -0.4 is 0 Å². The number of benzene rings is 1. The molecule has 1 aromatic carbocycles. The SMILES string of the molecule is Cc1nn(Cc2ccc(Cl)cc2)c2sc(C(=O)N3CCC(O)CC3)cc12. The highest BCUT2D eigenvalue weighted by molar-refractivity contribution is 7.20. The maximum Gasteiger partial charge on any atom is 0.264 e. The van der Waals surface area contributed by atoms with E-state index in [-0.39, 0.29) is 12.0 Å². The highest BCUT2D eigenvalue weighted by atomic mass is 35.5. The molecule has 1 fully saturated rings. The van der Waals surface area contributed by atoms with Gasteiger partial charge in [0.2, 0.25) is 0 Å². The summed E-state index contributed by atoms with van der Waals surface area (Å²) in [6.07, 6.45) is 1.02. The first-order valence-corrected chi connectivity index (χ1v) is 9.89. The lowest BCUT2D eigenvalue weighted by atomic mass is 10.1. The monoisotopic (exact) mass is 389 g/mol. The zero-order valence-electron chi connectivity index (χ0n) is 14.5. The van der Waals surface area contributed by atoms with Gasteiger partial charge in [-0.05, 0) is 43.5 Å². The van der Waals surface area contributed by atoms with E-state index in [9.17, 15) is 9.90 Å². The van der Waals surface area contributed by atoms with Gasteiger partial charge in [-0.2, -0.15) is 5.10 Å². The van der Waals surface area contributed by atoms with E-state index in [1.807, 2.05) is 46.8 Å². The minimum atomic E-state index is -0.281. The van der Waals surface area contributed by atoms with Crippen molar-refractivity contribution in [1.29, 1.82) is 0 Å². The maximum atomic E-state index is 12.8. The molecule has 7 heteroatoms. The molecule has 26 heavy (non-hydrogen) atoms.